The summed E-state index contributed by atoms with van der Waals surface area (Å²) in [6.45, 7) is 0. The third-order valence-corrected chi connectivity index (χ3v) is 0. The topological polar surface area (TPSA) is 0 Å². The number of rotatable bonds is 0. The number of hydrogen-bond acceptors (Lipinski definition) is 0. The van der Waals surface area contributed by atoms with Crippen LogP contribution in [0.4, 0.5) is 0 Å². The maximum Gasteiger partial charge on any atom is 2.00 e. The zero-order valence-electron chi connectivity index (χ0n) is 4.50. The quantitative estimate of drug-likeness (QED) is 0.489. The Morgan fingerprint density at radius 3 is 1.00 bits per heavy atom. The fourth-order valence-corrected chi connectivity index (χ4v) is 0. The van der Waals surface area contributed by atoms with Crippen LogP contribution < -0.4 is 0 Å². The maximum atomic E-state index is 0. The van der Waals surface area contributed by atoms with E-state index in [1.54, 1.807) is 0 Å². The Labute approximate surface area is 81.0 Å². The van der Waals surface area contributed by atoms with Crippen LogP contribution in [0.25, 0.3) is 0 Å². The Kier molecular flexibility index (Phi) is 138. The van der Waals surface area contributed by atoms with E-state index in [9.17, 15) is 0 Å². The Morgan fingerprint density at radius 2 is 1.00 bits per heavy atom. The van der Waals surface area contributed by atoms with Crippen molar-refractivity contribution in [3.63, 3.8) is 0 Å². The molecular weight excluding hydrogens is 210 g/mol. The summed E-state index contributed by atoms with van der Waals surface area (Å²) in [5.41, 5.74) is 0. The van der Waals surface area contributed by atoms with Crippen LogP contribution in [-0.2, 0) is 56.0 Å². The van der Waals surface area contributed by atoms with Crippen LogP contribution in [0.5, 0.6) is 0 Å². The molecule has 0 aromatic carbocycles. The molecule has 0 saturated heterocycles. The van der Waals surface area contributed by atoms with Gasteiger partial charge < -0.3 is 2.85 Å². The van der Waals surface area contributed by atoms with Crippen LogP contribution in [0, 0.1) is 0 Å². The van der Waals surface area contributed by atoms with Gasteiger partial charge >= 0.3 is 23.1 Å². The first-order chi connectivity index (χ1) is 0. The van der Waals surface area contributed by atoms with E-state index in [-0.39, 0.29) is 81.9 Å². The molecule has 0 aromatic heterocycles. The summed E-state index contributed by atoms with van der Waals surface area (Å²) in [5, 5.41) is 0. The molecule has 0 saturated carbocycles. The van der Waals surface area contributed by atoms with Crippen molar-refractivity contribution >= 4 is 23.1 Å². The molecule has 0 aromatic rings. The number of hydrogen-bond donors (Lipinski definition) is 0. The summed E-state index contributed by atoms with van der Waals surface area (Å²) < 4.78 is 0. The van der Waals surface area contributed by atoms with Crippen molar-refractivity contribution in [2.75, 3.05) is 0 Å². The molecule has 0 amide bonds. The molecule has 0 bridgehead atoms. The summed E-state index contributed by atoms with van der Waals surface area (Å²) in [4.78, 5) is 0. The van der Waals surface area contributed by atoms with E-state index in [0.717, 1.165) is 0 Å². The van der Waals surface area contributed by atoms with Crippen molar-refractivity contribution in [2.24, 2.45) is 0 Å². The molecule has 0 fully saturated rings. The second-order valence-corrected chi connectivity index (χ2v) is 0. The predicted octanol–water partition coefficient (Wildman–Crippen LogP) is -0.163. The van der Waals surface area contributed by atoms with E-state index in [1.165, 1.54) is 0 Å². The summed E-state index contributed by atoms with van der Waals surface area (Å²) in [6.07, 6.45) is 0. The van der Waals surface area contributed by atoms with Crippen molar-refractivity contribution < 1.29 is 58.9 Å². The van der Waals surface area contributed by atoms with Gasteiger partial charge in [0.1, 0.15) is 0 Å². The summed E-state index contributed by atoms with van der Waals surface area (Å²) in [6, 6.07) is 0. The largest absolute Gasteiger partial charge is 2.00 e. The molecule has 0 unspecified atom stereocenters. The van der Waals surface area contributed by atoms with Gasteiger partial charge in [-0.15, -0.1) is 0 Å². The molecule has 0 atom stereocenters. The average molecular weight is 212 g/mol. The molecule has 0 N–H and O–H groups in total. The van der Waals surface area contributed by atoms with E-state index in [4.69, 9.17) is 0 Å². The SMILES string of the molecule is [H-].[H-].[Mg+2].[Mn].[Zn].[Zn]. The summed E-state index contributed by atoms with van der Waals surface area (Å²) >= 11 is 0. The minimum Gasteiger partial charge on any atom is -1.00 e. The monoisotopic (exact) mass is 209 g/mol. The molecule has 0 spiro atoms. The molecule has 0 heterocycles. The maximum absolute atomic E-state index is 0. The Bertz CT molecular complexity index is 11.5. The molecule has 15 valence electrons. The summed E-state index contributed by atoms with van der Waals surface area (Å²) in [7, 11) is 0. The average Bonchev–Trinajstić information content (AvgIpc) is 0. The third-order valence-electron chi connectivity index (χ3n) is 0. The van der Waals surface area contributed by atoms with Crippen molar-refractivity contribution in [1.29, 1.82) is 0 Å². The van der Waals surface area contributed by atoms with Crippen LogP contribution in [0.15, 0.2) is 0 Å². The van der Waals surface area contributed by atoms with Crippen molar-refractivity contribution in [1.82, 2.24) is 0 Å². The van der Waals surface area contributed by atoms with Gasteiger partial charge in [0.25, 0.3) is 0 Å². The second-order valence-electron chi connectivity index (χ2n) is 0. The molecule has 0 aliphatic heterocycles. The van der Waals surface area contributed by atoms with Gasteiger partial charge in [0.05, 0.1) is 0 Å². The van der Waals surface area contributed by atoms with Crippen LogP contribution >= 0.6 is 0 Å². The van der Waals surface area contributed by atoms with E-state index in [1.807, 2.05) is 0 Å². The first kappa shape index (κ1) is 31.2. The van der Waals surface area contributed by atoms with Gasteiger partial charge in [0, 0.05) is 56.0 Å². The normalized spacial score (nSPS) is 0. The first-order valence-corrected chi connectivity index (χ1v) is 0. The zero-order valence-corrected chi connectivity index (χ0v) is 11.0. The van der Waals surface area contributed by atoms with Crippen LogP contribution in [0.3, 0.4) is 0 Å². The zero-order chi connectivity index (χ0) is 0. The van der Waals surface area contributed by atoms with E-state index < -0.39 is 0 Å². The van der Waals surface area contributed by atoms with Crippen LogP contribution in [0.2, 0.25) is 0 Å². The van der Waals surface area contributed by atoms with Crippen molar-refractivity contribution in [3.8, 4) is 0 Å². The molecule has 0 rings (SSSR count). The molecule has 4 heavy (non-hydrogen) atoms. The minimum absolute atomic E-state index is 0. The minimum atomic E-state index is 0. The second kappa shape index (κ2) is 17.7. The molecule has 0 aliphatic carbocycles. The Hall–Kier alpha value is 2.53. The molecule has 0 nitrogen and oxygen atoms in total. The van der Waals surface area contributed by atoms with Gasteiger partial charge in [0.2, 0.25) is 0 Å². The van der Waals surface area contributed by atoms with Crippen molar-refractivity contribution in [3.05, 3.63) is 0 Å². The van der Waals surface area contributed by atoms with E-state index >= 15 is 0 Å². The molecule has 0 aliphatic rings. The Morgan fingerprint density at radius 1 is 1.00 bits per heavy atom. The van der Waals surface area contributed by atoms with Crippen LogP contribution in [-0.4, -0.2) is 23.1 Å². The van der Waals surface area contributed by atoms with Gasteiger partial charge in [-0.2, -0.15) is 0 Å². The van der Waals surface area contributed by atoms with Gasteiger partial charge in [0.15, 0.2) is 0 Å². The predicted molar refractivity (Wildman–Crippen MR) is 7.98 cm³/mol. The third kappa shape index (κ3) is 8.82. The van der Waals surface area contributed by atoms with Crippen LogP contribution in [0.1, 0.15) is 2.85 Å². The standard InChI is InChI=1S/Mg.Mn.2Zn.2H/q+2;;;;2*-1. The Balaban J connectivity index is 0. The fourth-order valence-electron chi connectivity index (χ4n) is 0. The molecule has 4 heteroatoms. The van der Waals surface area contributed by atoms with Crippen molar-refractivity contribution in [2.45, 2.75) is 0 Å². The molecular formula is H2MgMnZn2. The van der Waals surface area contributed by atoms with Gasteiger partial charge in [-0.05, 0) is 0 Å². The fraction of sp³-hybridized carbons (Fsp3) is 0. The van der Waals surface area contributed by atoms with E-state index in [2.05, 4.69) is 0 Å². The van der Waals surface area contributed by atoms with Gasteiger partial charge in [-0.25, -0.2) is 0 Å². The smallest absolute Gasteiger partial charge is 1.00 e. The van der Waals surface area contributed by atoms with Gasteiger partial charge in [-0.1, -0.05) is 0 Å². The molecule has 1 radical (unpaired) electrons. The van der Waals surface area contributed by atoms with Gasteiger partial charge in [-0.3, -0.25) is 0 Å². The van der Waals surface area contributed by atoms with E-state index in [0.29, 0.717) is 0 Å². The summed E-state index contributed by atoms with van der Waals surface area (Å²) in [5.74, 6) is 0. The first-order valence-electron chi connectivity index (χ1n) is 0.